The summed E-state index contributed by atoms with van der Waals surface area (Å²) < 4.78 is 5.59. The van der Waals surface area contributed by atoms with Gasteiger partial charge in [-0.3, -0.25) is 4.79 Å². The fourth-order valence-electron chi connectivity index (χ4n) is 2.36. The van der Waals surface area contributed by atoms with E-state index in [9.17, 15) is 4.79 Å². The summed E-state index contributed by atoms with van der Waals surface area (Å²) in [4.78, 5) is 13.9. The first-order chi connectivity index (χ1) is 10.7. The summed E-state index contributed by atoms with van der Waals surface area (Å²) in [5.74, 6) is 1.24. The second-order valence-electron chi connectivity index (χ2n) is 5.04. The predicted octanol–water partition coefficient (Wildman–Crippen LogP) is 3.49. The van der Waals surface area contributed by atoms with Crippen molar-refractivity contribution in [2.24, 2.45) is 0 Å². The number of rotatable bonds is 5. The zero-order chi connectivity index (χ0) is 15.4. The second-order valence-corrected chi connectivity index (χ2v) is 6.49. The topological polar surface area (TPSA) is 59.2 Å². The number of amides is 1. The minimum atomic E-state index is 0.204. The molecule has 0 unspecified atom stereocenters. The van der Waals surface area contributed by atoms with Crippen LogP contribution in [0.1, 0.15) is 19.3 Å². The summed E-state index contributed by atoms with van der Waals surface area (Å²) in [6.45, 7) is 1.78. The Hall–Kier alpha value is -1.53. The largest absolute Gasteiger partial charge is 0.411 e. The molecule has 0 saturated carbocycles. The third kappa shape index (κ3) is 3.62. The third-order valence-electron chi connectivity index (χ3n) is 3.51. The number of carbonyl (C=O) groups is 1. The van der Waals surface area contributed by atoms with Gasteiger partial charge in [-0.2, -0.15) is 0 Å². The van der Waals surface area contributed by atoms with E-state index in [0.29, 0.717) is 28.3 Å². The predicted molar refractivity (Wildman–Crippen MR) is 85.9 cm³/mol. The van der Waals surface area contributed by atoms with Crippen LogP contribution in [-0.2, 0) is 4.79 Å². The van der Waals surface area contributed by atoms with E-state index in [1.54, 1.807) is 6.07 Å². The molecule has 1 saturated heterocycles. The van der Waals surface area contributed by atoms with Gasteiger partial charge >= 0.3 is 0 Å². The molecule has 5 nitrogen and oxygen atoms in total. The Bertz CT molecular complexity index is 656. The van der Waals surface area contributed by atoms with Crippen LogP contribution in [0.2, 0.25) is 5.02 Å². The number of thioether (sulfide) groups is 1. The highest BCUT2D eigenvalue weighted by Crippen LogP contribution is 2.28. The molecule has 0 spiro atoms. The van der Waals surface area contributed by atoms with Crippen LogP contribution >= 0.6 is 23.4 Å². The van der Waals surface area contributed by atoms with Gasteiger partial charge in [-0.15, -0.1) is 10.2 Å². The lowest BCUT2D eigenvalue weighted by atomic mass is 10.2. The van der Waals surface area contributed by atoms with Crippen molar-refractivity contribution in [2.45, 2.75) is 24.5 Å². The van der Waals surface area contributed by atoms with E-state index >= 15 is 0 Å². The maximum Gasteiger partial charge on any atom is 0.276 e. The molecule has 0 atom stereocenters. The van der Waals surface area contributed by atoms with Gasteiger partial charge < -0.3 is 9.32 Å². The van der Waals surface area contributed by atoms with Gasteiger partial charge in [0, 0.05) is 25.3 Å². The normalized spacial score (nSPS) is 14.5. The van der Waals surface area contributed by atoms with Gasteiger partial charge in [0.15, 0.2) is 0 Å². The van der Waals surface area contributed by atoms with Crippen molar-refractivity contribution in [1.82, 2.24) is 15.1 Å². The summed E-state index contributed by atoms with van der Waals surface area (Å²) in [6, 6.07) is 7.33. The molecule has 116 valence electrons. The lowest BCUT2D eigenvalue weighted by molar-refractivity contribution is -0.129. The van der Waals surface area contributed by atoms with Crippen LogP contribution in [0.5, 0.6) is 0 Å². The molecule has 0 radical (unpaired) electrons. The average molecular weight is 338 g/mol. The minimum absolute atomic E-state index is 0.204. The Kier molecular flexibility index (Phi) is 5.00. The molecule has 0 bridgehead atoms. The molecular weight excluding hydrogens is 322 g/mol. The van der Waals surface area contributed by atoms with E-state index in [1.165, 1.54) is 11.8 Å². The molecule has 0 N–H and O–H groups in total. The Balaban J connectivity index is 1.54. The highest BCUT2D eigenvalue weighted by atomic mass is 35.5. The highest BCUT2D eigenvalue weighted by Gasteiger charge is 2.18. The zero-order valence-corrected chi connectivity index (χ0v) is 13.6. The van der Waals surface area contributed by atoms with Gasteiger partial charge in [0.05, 0.1) is 10.6 Å². The van der Waals surface area contributed by atoms with E-state index in [4.69, 9.17) is 16.0 Å². The lowest BCUT2D eigenvalue weighted by Crippen LogP contribution is -2.27. The van der Waals surface area contributed by atoms with Gasteiger partial charge in [0.1, 0.15) is 0 Å². The van der Waals surface area contributed by atoms with Crippen molar-refractivity contribution in [1.29, 1.82) is 0 Å². The molecule has 2 aromatic rings. The van der Waals surface area contributed by atoms with Gasteiger partial charge in [0.25, 0.3) is 5.22 Å². The zero-order valence-electron chi connectivity index (χ0n) is 12.0. The molecule has 1 aromatic heterocycles. The maximum absolute atomic E-state index is 11.9. The number of carbonyl (C=O) groups excluding carboxylic acids is 1. The molecule has 1 aliphatic rings. The molecule has 1 amide bonds. The Morgan fingerprint density at radius 3 is 2.82 bits per heavy atom. The minimum Gasteiger partial charge on any atom is -0.411 e. The van der Waals surface area contributed by atoms with Gasteiger partial charge in [-0.1, -0.05) is 35.5 Å². The lowest BCUT2D eigenvalue weighted by Gasteiger charge is -2.14. The molecular formula is C15H16ClN3O2S. The molecule has 2 heterocycles. The molecule has 22 heavy (non-hydrogen) atoms. The monoisotopic (exact) mass is 337 g/mol. The number of nitrogens with zero attached hydrogens (tertiary/aromatic N) is 3. The molecule has 1 aliphatic heterocycles. The van der Waals surface area contributed by atoms with Crippen LogP contribution in [0.25, 0.3) is 11.5 Å². The SMILES string of the molecule is O=C(CCSc1nnc(-c2ccccc2Cl)o1)N1CCCC1. The van der Waals surface area contributed by atoms with Gasteiger partial charge in [-0.25, -0.2) is 0 Å². The number of hydrogen-bond acceptors (Lipinski definition) is 5. The molecule has 7 heteroatoms. The third-order valence-corrected chi connectivity index (χ3v) is 4.66. The average Bonchev–Trinajstić information content (AvgIpc) is 3.19. The maximum atomic E-state index is 11.9. The molecule has 0 aliphatic carbocycles. The van der Waals surface area contributed by atoms with E-state index in [0.717, 1.165) is 31.5 Å². The van der Waals surface area contributed by atoms with Crippen LogP contribution in [0.15, 0.2) is 33.9 Å². The van der Waals surface area contributed by atoms with Crippen LogP contribution < -0.4 is 0 Å². The number of aromatic nitrogens is 2. The number of benzene rings is 1. The number of halogens is 1. The fraction of sp³-hybridized carbons (Fsp3) is 0.400. The van der Waals surface area contributed by atoms with Crippen molar-refractivity contribution in [3.8, 4) is 11.5 Å². The first kappa shape index (κ1) is 15.4. The summed E-state index contributed by atoms with van der Waals surface area (Å²) in [5.41, 5.74) is 0.719. The van der Waals surface area contributed by atoms with Crippen molar-refractivity contribution in [3.05, 3.63) is 29.3 Å². The Morgan fingerprint density at radius 1 is 1.27 bits per heavy atom. The van der Waals surface area contributed by atoms with E-state index in [-0.39, 0.29) is 5.91 Å². The summed E-state index contributed by atoms with van der Waals surface area (Å²) in [5, 5.41) is 9.03. The highest BCUT2D eigenvalue weighted by molar-refractivity contribution is 7.99. The molecule has 1 fully saturated rings. The van der Waals surface area contributed by atoms with Crippen molar-refractivity contribution in [2.75, 3.05) is 18.8 Å². The van der Waals surface area contributed by atoms with Crippen LogP contribution in [0.3, 0.4) is 0 Å². The van der Waals surface area contributed by atoms with E-state index < -0.39 is 0 Å². The van der Waals surface area contributed by atoms with Crippen molar-refractivity contribution < 1.29 is 9.21 Å². The quantitative estimate of drug-likeness (QED) is 0.781. The Labute approximate surface area is 138 Å². The first-order valence-corrected chi connectivity index (χ1v) is 8.59. The number of hydrogen-bond donors (Lipinski definition) is 0. The van der Waals surface area contributed by atoms with Gasteiger partial charge in [-0.05, 0) is 25.0 Å². The van der Waals surface area contributed by atoms with Crippen LogP contribution in [0.4, 0.5) is 0 Å². The smallest absolute Gasteiger partial charge is 0.276 e. The summed E-state index contributed by atoms with van der Waals surface area (Å²) in [6.07, 6.45) is 2.72. The van der Waals surface area contributed by atoms with Crippen molar-refractivity contribution >= 4 is 29.3 Å². The van der Waals surface area contributed by atoms with Crippen LogP contribution in [0, 0.1) is 0 Å². The standard InChI is InChI=1S/C15H16ClN3O2S/c16-12-6-2-1-5-11(12)14-17-18-15(21-14)22-10-7-13(20)19-8-3-4-9-19/h1-2,5-6H,3-4,7-10H2. The van der Waals surface area contributed by atoms with E-state index in [2.05, 4.69) is 10.2 Å². The molecule has 3 rings (SSSR count). The van der Waals surface area contributed by atoms with Crippen molar-refractivity contribution in [3.63, 3.8) is 0 Å². The Morgan fingerprint density at radius 2 is 2.05 bits per heavy atom. The second kappa shape index (κ2) is 7.15. The fourth-order valence-corrected chi connectivity index (χ4v) is 3.27. The first-order valence-electron chi connectivity index (χ1n) is 7.23. The summed E-state index contributed by atoms with van der Waals surface area (Å²) in [7, 11) is 0. The van der Waals surface area contributed by atoms with Gasteiger partial charge in [0.2, 0.25) is 11.8 Å². The molecule has 1 aromatic carbocycles. The van der Waals surface area contributed by atoms with Crippen LogP contribution in [-0.4, -0.2) is 39.8 Å². The summed E-state index contributed by atoms with van der Waals surface area (Å²) >= 11 is 7.50. The van der Waals surface area contributed by atoms with E-state index in [1.807, 2.05) is 23.1 Å². The number of likely N-dealkylation sites (tertiary alicyclic amines) is 1.